The molecule has 0 saturated heterocycles. The number of nitrogens with one attached hydrogen (secondary N) is 2. The van der Waals surface area contributed by atoms with Gasteiger partial charge in [-0.1, -0.05) is 0 Å². The minimum atomic E-state index is 0.0556. The summed E-state index contributed by atoms with van der Waals surface area (Å²) < 4.78 is 0. The molecule has 2 N–H and O–H groups in total. The SMILES string of the molecule is CC(C)(C)NNSc1ccncn1. The van der Waals surface area contributed by atoms with Crippen LogP contribution in [-0.4, -0.2) is 15.5 Å². The third kappa shape index (κ3) is 4.82. The van der Waals surface area contributed by atoms with E-state index < -0.39 is 0 Å². The predicted octanol–water partition coefficient (Wildman–Crippen LogP) is 1.38. The second-order valence-electron chi connectivity index (χ2n) is 3.63. The van der Waals surface area contributed by atoms with Gasteiger partial charge >= 0.3 is 0 Å². The van der Waals surface area contributed by atoms with Crippen molar-refractivity contribution in [3.63, 3.8) is 0 Å². The van der Waals surface area contributed by atoms with E-state index in [2.05, 4.69) is 41.0 Å². The minimum absolute atomic E-state index is 0.0556. The maximum atomic E-state index is 4.05. The third-order valence-corrected chi connectivity index (χ3v) is 1.79. The van der Waals surface area contributed by atoms with E-state index >= 15 is 0 Å². The Morgan fingerprint density at radius 3 is 2.69 bits per heavy atom. The van der Waals surface area contributed by atoms with Crippen LogP contribution in [0.15, 0.2) is 23.6 Å². The van der Waals surface area contributed by atoms with Crippen molar-refractivity contribution in [1.82, 2.24) is 20.2 Å². The van der Waals surface area contributed by atoms with Gasteiger partial charge in [0.2, 0.25) is 0 Å². The molecule has 0 saturated carbocycles. The Kier molecular flexibility index (Phi) is 3.65. The highest BCUT2D eigenvalue weighted by atomic mass is 32.2. The van der Waals surface area contributed by atoms with Crippen LogP contribution in [0, 0.1) is 0 Å². The molecule has 0 aliphatic rings. The number of rotatable bonds is 3. The lowest BCUT2D eigenvalue weighted by Gasteiger charge is -2.20. The van der Waals surface area contributed by atoms with Gasteiger partial charge in [0.15, 0.2) is 0 Å². The van der Waals surface area contributed by atoms with Crippen molar-refractivity contribution in [2.45, 2.75) is 31.3 Å². The van der Waals surface area contributed by atoms with Gasteiger partial charge in [0, 0.05) is 11.7 Å². The van der Waals surface area contributed by atoms with Crippen LogP contribution in [0.3, 0.4) is 0 Å². The second kappa shape index (κ2) is 4.55. The van der Waals surface area contributed by atoms with Crippen LogP contribution in [0.1, 0.15) is 20.8 Å². The summed E-state index contributed by atoms with van der Waals surface area (Å²) in [7, 11) is 0. The van der Waals surface area contributed by atoms with E-state index in [0.29, 0.717) is 0 Å². The van der Waals surface area contributed by atoms with Crippen molar-refractivity contribution >= 4 is 11.9 Å². The molecule has 0 unspecified atom stereocenters. The summed E-state index contributed by atoms with van der Waals surface area (Å²) in [6.07, 6.45) is 3.25. The molecule has 4 nitrogen and oxygen atoms in total. The Balaban J connectivity index is 2.29. The molecule has 0 radical (unpaired) electrons. The third-order valence-electron chi connectivity index (χ3n) is 1.14. The average Bonchev–Trinajstić information content (AvgIpc) is 2.04. The van der Waals surface area contributed by atoms with Crippen LogP contribution < -0.4 is 10.3 Å². The molecule has 0 aliphatic heterocycles. The van der Waals surface area contributed by atoms with Gasteiger partial charge in [0.05, 0.1) is 0 Å². The maximum Gasteiger partial charge on any atom is 0.116 e. The van der Waals surface area contributed by atoms with Crippen molar-refractivity contribution < 1.29 is 0 Å². The monoisotopic (exact) mass is 198 g/mol. The highest BCUT2D eigenvalue weighted by molar-refractivity contribution is 7.97. The number of hydrogen-bond acceptors (Lipinski definition) is 5. The highest BCUT2D eigenvalue weighted by Gasteiger charge is 2.07. The van der Waals surface area contributed by atoms with E-state index in [1.54, 1.807) is 6.20 Å². The summed E-state index contributed by atoms with van der Waals surface area (Å²) in [5.74, 6) is 0. The van der Waals surface area contributed by atoms with Crippen molar-refractivity contribution in [1.29, 1.82) is 0 Å². The van der Waals surface area contributed by atoms with Crippen LogP contribution in [0.4, 0.5) is 0 Å². The van der Waals surface area contributed by atoms with E-state index in [9.17, 15) is 0 Å². The van der Waals surface area contributed by atoms with Gasteiger partial charge in [-0.05, 0) is 38.8 Å². The average molecular weight is 198 g/mol. The Morgan fingerprint density at radius 2 is 2.15 bits per heavy atom. The van der Waals surface area contributed by atoms with Crippen LogP contribution in [0.2, 0.25) is 0 Å². The van der Waals surface area contributed by atoms with E-state index in [1.807, 2.05) is 6.07 Å². The first-order valence-electron chi connectivity index (χ1n) is 4.03. The van der Waals surface area contributed by atoms with E-state index in [-0.39, 0.29) is 5.54 Å². The fraction of sp³-hybridized carbons (Fsp3) is 0.500. The zero-order valence-corrected chi connectivity index (χ0v) is 8.85. The largest absolute Gasteiger partial charge is 0.245 e. The summed E-state index contributed by atoms with van der Waals surface area (Å²) in [5.41, 5.74) is 3.18. The molecular weight excluding hydrogens is 184 g/mol. The van der Waals surface area contributed by atoms with Gasteiger partial charge in [0.25, 0.3) is 0 Å². The standard InChI is InChI=1S/C8H14N4S/c1-8(2,3)11-12-13-7-4-5-9-6-10-7/h4-6,11-12H,1-3H3. The summed E-state index contributed by atoms with van der Waals surface area (Å²) in [4.78, 5) is 10.9. The molecular formula is C8H14N4S. The number of hydrogen-bond donors (Lipinski definition) is 2. The summed E-state index contributed by atoms with van der Waals surface area (Å²) >= 11 is 1.44. The molecule has 1 aromatic rings. The number of hydrazine groups is 1. The zero-order chi connectivity index (χ0) is 9.73. The van der Waals surface area contributed by atoms with Crippen molar-refractivity contribution in [3.05, 3.63) is 18.6 Å². The molecule has 5 heteroatoms. The van der Waals surface area contributed by atoms with Crippen LogP contribution in [0.25, 0.3) is 0 Å². The summed E-state index contributed by atoms with van der Waals surface area (Å²) in [5, 5.41) is 0.895. The molecule has 72 valence electrons. The van der Waals surface area contributed by atoms with E-state index in [1.165, 1.54) is 18.3 Å². The fourth-order valence-corrected chi connectivity index (χ4v) is 1.26. The minimum Gasteiger partial charge on any atom is -0.245 e. The number of nitrogens with zero attached hydrogens (tertiary/aromatic N) is 2. The lowest BCUT2D eigenvalue weighted by molar-refractivity contribution is 0.416. The first kappa shape index (κ1) is 10.4. The molecule has 0 atom stereocenters. The molecule has 1 aromatic heterocycles. The Hall–Kier alpha value is -0.650. The first-order valence-corrected chi connectivity index (χ1v) is 4.84. The van der Waals surface area contributed by atoms with Crippen molar-refractivity contribution in [2.75, 3.05) is 0 Å². The maximum absolute atomic E-state index is 4.05. The lowest BCUT2D eigenvalue weighted by Crippen LogP contribution is -2.42. The zero-order valence-electron chi connectivity index (χ0n) is 8.03. The van der Waals surface area contributed by atoms with Gasteiger partial charge in [-0.25, -0.2) is 15.4 Å². The lowest BCUT2D eigenvalue weighted by atomic mass is 10.1. The Labute approximate surface area is 82.7 Å². The quantitative estimate of drug-likeness (QED) is 0.436. The van der Waals surface area contributed by atoms with Gasteiger partial charge in [-0.15, -0.1) is 0 Å². The van der Waals surface area contributed by atoms with Gasteiger partial charge in [-0.2, -0.15) is 4.83 Å². The molecule has 0 bridgehead atoms. The van der Waals surface area contributed by atoms with Gasteiger partial charge in [-0.3, -0.25) is 0 Å². The molecule has 1 rings (SSSR count). The van der Waals surface area contributed by atoms with Crippen LogP contribution in [-0.2, 0) is 0 Å². The molecule has 0 amide bonds. The van der Waals surface area contributed by atoms with Crippen LogP contribution >= 0.6 is 11.9 Å². The highest BCUT2D eigenvalue weighted by Crippen LogP contribution is 2.08. The molecule has 0 spiro atoms. The normalized spacial score (nSPS) is 11.6. The molecule has 0 aliphatic carbocycles. The molecule has 0 aromatic carbocycles. The van der Waals surface area contributed by atoms with Gasteiger partial charge < -0.3 is 0 Å². The van der Waals surface area contributed by atoms with Crippen molar-refractivity contribution in [3.8, 4) is 0 Å². The van der Waals surface area contributed by atoms with Gasteiger partial charge in [0.1, 0.15) is 11.4 Å². The van der Waals surface area contributed by atoms with E-state index in [4.69, 9.17) is 0 Å². The van der Waals surface area contributed by atoms with Crippen molar-refractivity contribution in [2.24, 2.45) is 0 Å². The molecule has 13 heavy (non-hydrogen) atoms. The van der Waals surface area contributed by atoms with E-state index in [0.717, 1.165) is 5.03 Å². The topological polar surface area (TPSA) is 49.8 Å². The Morgan fingerprint density at radius 1 is 1.38 bits per heavy atom. The molecule has 1 heterocycles. The smallest absolute Gasteiger partial charge is 0.116 e. The van der Waals surface area contributed by atoms with Crippen LogP contribution in [0.5, 0.6) is 0 Å². The first-order chi connectivity index (χ1) is 6.08. The fourth-order valence-electron chi connectivity index (χ4n) is 0.570. The second-order valence-corrected chi connectivity index (χ2v) is 4.45. The summed E-state index contributed by atoms with van der Waals surface area (Å²) in [6, 6.07) is 1.85. The molecule has 0 fully saturated rings. The number of aromatic nitrogens is 2. The summed E-state index contributed by atoms with van der Waals surface area (Å²) in [6.45, 7) is 6.25. The Bertz CT molecular complexity index is 244. The predicted molar refractivity (Wildman–Crippen MR) is 53.9 cm³/mol.